The smallest absolute Gasteiger partial charge is 0.258 e. The zero-order valence-corrected chi connectivity index (χ0v) is 14.1. The third-order valence-electron chi connectivity index (χ3n) is 3.56. The zero-order valence-electron chi connectivity index (χ0n) is 13.3. The maximum absolute atomic E-state index is 12.1. The molecule has 126 valence electrons. The SMILES string of the molecule is Cc1cc2c(-c3ccc(S(=O)(=O)NC[C@H](C)O)nc3)ccnc2[nH]1. The van der Waals surface area contributed by atoms with Crippen molar-refractivity contribution in [2.45, 2.75) is 25.0 Å². The summed E-state index contributed by atoms with van der Waals surface area (Å²) in [5.41, 5.74) is 3.51. The molecule has 0 aromatic carbocycles. The van der Waals surface area contributed by atoms with Crippen molar-refractivity contribution in [2.75, 3.05) is 6.54 Å². The lowest BCUT2D eigenvalue weighted by Crippen LogP contribution is -2.31. The Kier molecular flexibility index (Phi) is 4.35. The van der Waals surface area contributed by atoms with E-state index in [0.29, 0.717) is 0 Å². The molecular weight excluding hydrogens is 328 g/mol. The summed E-state index contributed by atoms with van der Waals surface area (Å²) in [5.74, 6) is 0. The van der Waals surface area contributed by atoms with Crippen LogP contribution >= 0.6 is 0 Å². The van der Waals surface area contributed by atoms with E-state index in [4.69, 9.17) is 0 Å². The van der Waals surface area contributed by atoms with Gasteiger partial charge in [0.15, 0.2) is 5.03 Å². The van der Waals surface area contributed by atoms with Gasteiger partial charge in [-0.05, 0) is 43.7 Å². The normalized spacial score (nSPS) is 13.3. The first kappa shape index (κ1) is 16.6. The van der Waals surface area contributed by atoms with Crippen molar-refractivity contribution in [3.63, 3.8) is 0 Å². The second-order valence-corrected chi connectivity index (χ2v) is 7.37. The summed E-state index contributed by atoms with van der Waals surface area (Å²) in [6.45, 7) is 3.40. The number of hydrogen-bond acceptors (Lipinski definition) is 5. The van der Waals surface area contributed by atoms with E-state index in [-0.39, 0.29) is 11.6 Å². The van der Waals surface area contributed by atoms with Gasteiger partial charge in [0.25, 0.3) is 10.0 Å². The lowest BCUT2D eigenvalue weighted by atomic mass is 10.1. The molecule has 0 unspecified atom stereocenters. The molecule has 8 heteroatoms. The molecule has 0 spiro atoms. The Morgan fingerprint density at radius 1 is 1.29 bits per heavy atom. The fraction of sp³-hybridized carbons (Fsp3) is 0.250. The van der Waals surface area contributed by atoms with E-state index in [1.54, 1.807) is 12.3 Å². The molecule has 0 saturated heterocycles. The molecule has 7 nitrogen and oxygen atoms in total. The van der Waals surface area contributed by atoms with Gasteiger partial charge in [0, 0.05) is 35.6 Å². The quantitative estimate of drug-likeness (QED) is 0.650. The minimum atomic E-state index is -3.73. The first-order valence-corrected chi connectivity index (χ1v) is 8.93. The van der Waals surface area contributed by atoms with Crippen LogP contribution in [0, 0.1) is 6.92 Å². The van der Waals surface area contributed by atoms with E-state index >= 15 is 0 Å². The molecule has 3 aromatic rings. The predicted octanol–water partition coefficient (Wildman–Crippen LogP) is 1.59. The highest BCUT2D eigenvalue weighted by molar-refractivity contribution is 7.89. The van der Waals surface area contributed by atoms with Crippen molar-refractivity contribution in [3.05, 3.63) is 42.4 Å². The van der Waals surface area contributed by atoms with Gasteiger partial charge >= 0.3 is 0 Å². The number of nitrogens with zero attached hydrogens (tertiary/aromatic N) is 2. The number of aryl methyl sites for hydroxylation is 1. The van der Waals surface area contributed by atoms with Crippen molar-refractivity contribution in [1.82, 2.24) is 19.7 Å². The average molecular weight is 346 g/mol. The summed E-state index contributed by atoms with van der Waals surface area (Å²) in [7, 11) is -3.73. The van der Waals surface area contributed by atoms with E-state index < -0.39 is 16.1 Å². The van der Waals surface area contributed by atoms with E-state index in [2.05, 4.69) is 19.7 Å². The van der Waals surface area contributed by atoms with Crippen molar-refractivity contribution < 1.29 is 13.5 Å². The molecule has 0 aliphatic heterocycles. The molecule has 1 atom stereocenters. The first-order valence-electron chi connectivity index (χ1n) is 7.45. The molecule has 3 rings (SSSR count). The van der Waals surface area contributed by atoms with Crippen LogP contribution in [0.2, 0.25) is 0 Å². The Morgan fingerprint density at radius 2 is 2.08 bits per heavy atom. The van der Waals surface area contributed by atoms with Crippen molar-refractivity contribution >= 4 is 21.1 Å². The summed E-state index contributed by atoms with van der Waals surface area (Å²) < 4.78 is 26.5. The number of aliphatic hydroxyl groups is 1. The number of sulfonamides is 1. The van der Waals surface area contributed by atoms with Gasteiger partial charge in [-0.25, -0.2) is 23.1 Å². The van der Waals surface area contributed by atoms with Gasteiger partial charge < -0.3 is 10.1 Å². The monoisotopic (exact) mass is 346 g/mol. The maximum Gasteiger partial charge on any atom is 0.258 e. The number of H-pyrrole nitrogens is 1. The van der Waals surface area contributed by atoms with Crippen molar-refractivity contribution in [3.8, 4) is 11.1 Å². The number of nitrogens with one attached hydrogen (secondary N) is 2. The van der Waals surface area contributed by atoms with Gasteiger partial charge in [-0.15, -0.1) is 0 Å². The Hall–Kier alpha value is -2.29. The zero-order chi connectivity index (χ0) is 17.3. The number of pyridine rings is 2. The van der Waals surface area contributed by atoms with Gasteiger partial charge in [-0.1, -0.05) is 0 Å². The minimum Gasteiger partial charge on any atom is -0.392 e. The molecule has 0 radical (unpaired) electrons. The highest BCUT2D eigenvalue weighted by Gasteiger charge is 2.16. The molecular formula is C16H18N4O3S. The second-order valence-electron chi connectivity index (χ2n) is 5.66. The molecule has 0 saturated carbocycles. The van der Waals surface area contributed by atoms with Crippen LogP contribution in [0.25, 0.3) is 22.2 Å². The Morgan fingerprint density at radius 3 is 2.75 bits per heavy atom. The van der Waals surface area contributed by atoms with Gasteiger partial charge in [-0.2, -0.15) is 0 Å². The summed E-state index contributed by atoms with van der Waals surface area (Å²) in [6, 6.07) is 7.02. The van der Waals surface area contributed by atoms with Crippen LogP contribution in [0.3, 0.4) is 0 Å². The molecule has 3 N–H and O–H groups in total. The highest BCUT2D eigenvalue weighted by atomic mass is 32.2. The van der Waals surface area contributed by atoms with Crippen LogP contribution in [0.5, 0.6) is 0 Å². The number of aliphatic hydroxyl groups excluding tert-OH is 1. The van der Waals surface area contributed by atoms with Crippen molar-refractivity contribution in [1.29, 1.82) is 0 Å². The Bertz CT molecular complexity index is 963. The van der Waals surface area contributed by atoms with Gasteiger partial charge in [0.2, 0.25) is 0 Å². The molecule has 0 bridgehead atoms. The molecule has 3 heterocycles. The molecule has 0 fully saturated rings. The van der Waals surface area contributed by atoms with Crippen LogP contribution in [0.15, 0.2) is 41.7 Å². The average Bonchev–Trinajstić information content (AvgIpc) is 2.93. The molecule has 0 aliphatic rings. The Balaban J connectivity index is 1.94. The van der Waals surface area contributed by atoms with E-state index in [1.807, 2.05) is 19.1 Å². The Labute approximate surface area is 139 Å². The largest absolute Gasteiger partial charge is 0.392 e. The van der Waals surface area contributed by atoms with Gasteiger partial charge in [0.1, 0.15) is 5.65 Å². The predicted molar refractivity (Wildman–Crippen MR) is 90.9 cm³/mol. The third-order valence-corrected chi connectivity index (χ3v) is 4.90. The first-order chi connectivity index (χ1) is 11.4. The molecule has 3 aromatic heterocycles. The number of aromatic amines is 1. The minimum absolute atomic E-state index is 0.0562. The second kappa shape index (κ2) is 6.31. The van der Waals surface area contributed by atoms with Gasteiger partial charge in [-0.3, -0.25) is 0 Å². The maximum atomic E-state index is 12.1. The summed E-state index contributed by atoms with van der Waals surface area (Å²) in [5, 5.41) is 10.1. The van der Waals surface area contributed by atoms with Crippen LogP contribution < -0.4 is 4.72 Å². The summed E-state index contributed by atoms with van der Waals surface area (Å²) in [4.78, 5) is 11.5. The lowest BCUT2D eigenvalue weighted by molar-refractivity contribution is 0.198. The standard InChI is InChI=1S/C16H18N4O3S/c1-10-7-14-13(5-6-17-16(14)20-10)12-3-4-15(18-9-12)24(22,23)19-8-11(2)21/h3-7,9,11,19,21H,8H2,1-2H3,(H,17,20)/t11-/m0/s1. The van der Waals surface area contributed by atoms with Gasteiger partial charge in [0.05, 0.1) is 6.10 Å². The molecule has 0 amide bonds. The fourth-order valence-electron chi connectivity index (χ4n) is 2.41. The lowest BCUT2D eigenvalue weighted by Gasteiger charge is -2.08. The van der Waals surface area contributed by atoms with Crippen LogP contribution in [-0.2, 0) is 10.0 Å². The number of aromatic nitrogens is 3. The summed E-state index contributed by atoms with van der Waals surface area (Å²) in [6.07, 6.45) is 2.46. The van der Waals surface area contributed by atoms with E-state index in [0.717, 1.165) is 27.9 Å². The third kappa shape index (κ3) is 3.30. The van der Waals surface area contributed by atoms with E-state index in [9.17, 15) is 13.5 Å². The van der Waals surface area contributed by atoms with Crippen LogP contribution in [-0.4, -0.2) is 41.1 Å². The van der Waals surface area contributed by atoms with Crippen molar-refractivity contribution in [2.24, 2.45) is 0 Å². The molecule has 24 heavy (non-hydrogen) atoms. The summed E-state index contributed by atoms with van der Waals surface area (Å²) >= 11 is 0. The topological polar surface area (TPSA) is 108 Å². The number of rotatable bonds is 5. The highest BCUT2D eigenvalue weighted by Crippen LogP contribution is 2.27. The number of hydrogen-bond donors (Lipinski definition) is 3. The molecule has 0 aliphatic carbocycles. The fourth-order valence-corrected chi connectivity index (χ4v) is 3.46. The van der Waals surface area contributed by atoms with Crippen LogP contribution in [0.1, 0.15) is 12.6 Å². The van der Waals surface area contributed by atoms with E-state index in [1.165, 1.54) is 19.2 Å². The number of fused-ring (bicyclic) bond motifs is 1. The van der Waals surface area contributed by atoms with Crippen LogP contribution in [0.4, 0.5) is 0 Å².